The van der Waals surface area contributed by atoms with Crippen LogP contribution in [0, 0.1) is 5.92 Å². The molecule has 19 heavy (non-hydrogen) atoms. The molecule has 3 unspecified atom stereocenters. The van der Waals surface area contributed by atoms with Crippen molar-refractivity contribution in [2.45, 2.75) is 58.7 Å². The molecule has 0 aliphatic carbocycles. The zero-order chi connectivity index (χ0) is 14.6. The Morgan fingerprint density at radius 3 is 2.42 bits per heavy atom. The third-order valence-electron chi connectivity index (χ3n) is 3.99. The molecule has 0 bridgehead atoms. The molecule has 0 aromatic rings. The number of rotatable bonds is 6. The van der Waals surface area contributed by atoms with Gasteiger partial charge in [0.25, 0.3) is 0 Å². The summed E-state index contributed by atoms with van der Waals surface area (Å²) >= 11 is 0. The van der Waals surface area contributed by atoms with Crippen LogP contribution in [-0.4, -0.2) is 56.5 Å². The Labute approximate surface area is 118 Å². The number of hydrogen-bond acceptors (Lipinski definition) is 4. The number of hydrogen-bond donors (Lipinski definition) is 1. The Bertz CT molecular complexity index is 368. The molecule has 0 spiro atoms. The third-order valence-corrected chi connectivity index (χ3v) is 5.08. The fourth-order valence-electron chi connectivity index (χ4n) is 3.06. The van der Waals surface area contributed by atoms with Crippen molar-refractivity contribution in [3.63, 3.8) is 0 Å². The lowest BCUT2D eigenvalue weighted by molar-refractivity contribution is 0.0681. The summed E-state index contributed by atoms with van der Waals surface area (Å²) in [5.41, 5.74) is 0. The maximum Gasteiger partial charge on any atom is 0.148 e. The molecule has 1 saturated heterocycles. The number of piperazine rings is 1. The predicted molar refractivity (Wildman–Crippen MR) is 81.2 cm³/mol. The van der Waals surface area contributed by atoms with Crippen molar-refractivity contribution in [2.24, 2.45) is 5.92 Å². The summed E-state index contributed by atoms with van der Waals surface area (Å²) in [7, 11) is -2.91. The van der Waals surface area contributed by atoms with Crippen LogP contribution in [-0.2, 0) is 9.84 Å². The van der Waals surface area contributed by atoms with Crippen LogP contribution in [0.25, 0.3) is 0 Å². The van der Waals surface area contributed by atoms with Gasteiger partial charge < -0.3 is 5.32 Å². The largest absolute Gasteiger partial charge is 0.311 e. The lowest BCUT2D eigenvalue weighted by Crippen LogP contribution is -2.61. The highest BCUT2D eigenvalue weighted by molar-refractivity contribution is 7.90. The van der Waals surface area contributed by atoms with Crippen LogP contribution in [0.3, 0.4) is 0 Å². The second-order valence-corrected chi connectivity index (χ2v) is 8.53. The molecule has 0 radical (unpaired) electrons. The van der Waals surface area contributed by atoms with Gasteiger partial charge in [-0.05, 0) is 19.3 Å². The Morgan fingerprint density at radius 1 is 1.32 bits per heavy atom. The summed E-state index contributed by atoms with van der Waals surface area (Å²) < 4.78 is 23.1. The van der Waals surface area contributed by atoms with E-state index in [9.17, 15) is 8.42 Å². The third kappa shape index (κ3) is 5.40. The summed E-state index contributed by atoms with van der Waals surface area (Å²) in [6.07, 6.45) is 3.66. The van der Waals surface area contributed by atoms with E-state index in [0.717, 1.165) is 25.9 Å². The van der Waals surface area contributed by atoms with Gasteiger partial charge >= 0.3 is 0 Å². The lowest BCUT2D eigenvalue weighted by Gasteiger charge is -2.45. The predicted octanol–water partition coefficient (Wildman–Crippen LogP) is 1.52. The van der Waals surface area contributed by atoms with Gasteiger partial charge in [-0.1, -0.05) is 27.2 Å². The summed E-state index contributed by atoms with van der Waals surface area (Å²) in [6, 6.07) is 1.04. The molecule has 1 aliphatic heterocycles. The summed E-state index contributed by atoms with van der Waals surface area (Å²) in [5.74, 6) is 0.798. The molecule has 0 amide bonds. The molecule has 1 rings (SSSR count). The number of nitrogens with zero attached hydrogens (tertiary/aromatic N) is 1. The van der Waals surface area contributed by atoms with Crippen molar-refractivity contribution in [1.82, 2.24) is 10.2 Å². The molecule has 5 heteroatoms. The van der Waals surface area contributed by atoms with Crippen LogP contribution in [0.5, 0.6) is 0 Å². The van der Waals surface area contributed by atoms with E-state index in [1.54, 1.807) is 0 Å². The molecule has 1 aliphatic rings. The quantitative estimate of drug-likeness (QED) is 0.806. The van der Waals surface area contributed by atoms with E-state index < -0.39 is 9.84 Å². The zero-order valence-corrected chi connectivity index (χ0v) is 13.8. The van der Waals surface area contributed by atoms with E-state index >= 15 is 0 Å². The fraction of sp³-hybridized carbons (Fsp3) is 1.00. The monoisotopic (exact) mass is 290 g/mol. The first-order valence-electron chi connectivity index (χ1n) is 7.41. The first-order valence-corrected chi connectivity index (χ1v) is 9.47. The summed E-state index contributed by atoms with van der Waals surface area (Å²) in [6.45, 7) is 10.6. The highest BCUT2D eigenvalue weighted by Gasteiger charge is 2.33. The topological polar surface area (TPSA) is 49.4 Å². The molecule has 0 aromatic carbocycles. The smallest absolute Gasteiger partial charge is 0.148 e. The van der Waals surface area contributed by atoms with Crippen molar-refractivity contribution in [2.75, 3.05) is 25.1 Å². The molecule has 1 N–H and O–H groups in total. The van der Waals surface area contributed by atoms with Gasteiger partial charge in [-0.25, -0.2) is 8.42 Å². The SMILES string of the molecule is CCCC1CN(C(C)CS(C)(=O)=O)C(C(C)C)CN1. The molecule has 1 heterocycles. The minimum absolute atomic E-state index is 0.101. The Kier molecular flexibility index (Phi) is 6.27. The van der Waals surface area contributed by atoms with Gasteiger partial charge in [-0.2, -0.15) is 0 Å². The van der Waals surface area contributed by atoms with E-state index in [-0.39, 0.29) is 11.8 Å². The summed E-state index contributed by atoms with van der Waals surface area (Å²) in [5, 5.41) is 3.61. The second-order valence-electron chi connectivity index (χ2n) is 6.34. The van der Waals surface area contributed by atoms with Gasteiger partial charge in [0.05, 0.1) is 5.75 Å². The zero-order valence-electron chi connectivity index (χ0n) is 13.0. The lowest BCUT2D eigenvalue weighted by atomic mass is 9.95. The van der Waals surface area contributed by atoms with E-state index in [2.05, 4.69) is 31.0 Å². The van der Waals surface area contributed by atoms with Crippen LogP contribution in [0.4, 0.5) is 0 Å². The fourth-order valence-corrected chi connectivity index (χ4v) is 4.13. The van der Waals surface area contributed by atoms with Crippen LogP contribution < -0.4 is 5.32 Å². The Hall–Kier alpha value is -0.130. The first kappa shape index (κ1) is 16.9. The Balaban J connectivity index is 2.76. The van der Waals surface area contributed by atoms with Crippen molar-refractivity contribution in [3.05, 3.63) is 0 Å². The first-order chi connectivity index (χ1) is 8.74. The van der Waals surface area contributed by atoms with Gasteiger partial charge in [-0.3, -0.25) is 4.90 Å². The molecule has 3 atom stereocenters. The van der Waals surface area contributed by atoms with Crippen LogP contribution in [0.15, 0.2) is 0 Å². The molecule has 0 aromatic heterocycles. The average Bonchev–Trinajstić information content (AvgIpc) is 2.26. The van der Waals surface area contributed by atoms with E-state index in [0.29, 0.717) is 18.0 Å². The molecule has 0 saturated carbocycles. The maximum atomic E-state index is 11.5. The molecular weight excluding hydrogens is 260 g/mol. The molecule has 4 nitrogen and oxygen atoms in total. The van der Waals surface area contributed by atoms with E-state index in [1.165, 1.54) is 6.26 Å². The van der Waals surface area contributed by atoms with Gasteiger partial charge in [0.15, 0.2) is 0 Å². The average molecular weight is 290 g/mol. The molecular formula is C14H30N2O2S. The van der Waals surface area contributed by atoms with Crippen LogP contribution in [0.1, 0.15) is 40.5 Å². The highest BCUT2D eigenvalue weighted by Crippen LogP contribution is 2.20. The van der Waals surface area contributed by atoms with Gasteiger partial charge in [0, 0.05) is 37.5 Å². The van der Waals surface area contributed by atoms with Crippen molar-refractivity contribution in [1.29, 1.82) is 0 Å². The van der Waals surface area contributed by atoms with Crippen LogP contribution in [0.2, 0.25) is 0 Å². The molecule has 1 fully saturated rings. The van der Waals surface area contributed by atoms with Crippen molar-refractivity contribution in [3.8, 4) is 0 Å². The minimum Gasteiger partial charge on any atom is -0.311 e. The van der Waals surface area contributed by atoms with Crippen molar-refractivity contribution >= 4 is 9.84 Å². The van der Waals surface area contributed by atoms with Gasteiger partial charge in [-0.15, -0.1) is 0 Å². The van der Waals surface area contributed by atoms with Gasteiger partial charge in [0.2, 0.25) is 0 Å². The van der Waals surface area contributed by atoms with Gasteiger partial charge in [0.1, 0.15) is 9.84 Å². The Morgan fingerprint density at radius 2 is 1.95 bits per heavy atom. The van der Waals surface area contributed by atoms with Crippen LogP contribution >= 0.6 is 0 Å². The van der Waals surface area contributed by atoms with E-state index in [1.807, 2.05) is 6.92 Å². The highest BCUT2D eigenvalue weighted by atomic mass is 32.2. The normalized spacial score (nSPS) is 27.7. The van der Waals surface area contributed by atoms with Crippen molar-refractivity contribution < 1.29 is 8.42 Å². The second kappa shape index (κ2) is 7.04. The number of nitrogens with one attached hydrogen (secondary N) is 1. The van der Waals surface area contributed by atoms with E-state index in [4.69, 9.17) is 0 Å². The standard InChI is InChI=1S/C14H30N2O2S/c1-6-7-13-9-16(12(4)10-19(5,17)18)14(8-15-13)11(2)3/h11-15H,6-10H2,1-5H3. The minimum atomic E-state index is -2.91. The number of sulfone groups is 1. The maximum absolute atomic E-state index is 11.5. The molecule has 114 valence electrons. The summed E-state index contributed by atoms with van der Waals surface area (Å²) in [4.78, 5) is 2.41.